The molecule has 108 valence electrons. The van der Waals surface area contributed by atoms with Gasteiger partial charge in [-0.1, -0.05) is 30.3 Å². The lowest BCUT2D eigenvalue weighted by atomic mass is 10.1. The Balaban J connectivity index is 2.25. The van der Waals surface area contributed by atoms with Gasteiger partial charge in [0.2, 0.25) is 0 Å². The van der Waals surface area contributed by atoms with Gasteiger partial charge in [0.15, 0.2) is 6.04 Å². The number of carboxylic acids is 1. The van der Waals surface area contributed by atoms with Crippen molar-refractivity contribution in [2.75, 3.05) is 0 Å². The van der Waals surface area contributed by atoms with Gasteiger partial charge >= 0.3 is 5.97 Å². The monoisotopic (exact) mass is 291 g/mol. The number of halogens is 2. The van der Waals surface area contributed by atoms with Crippen LogP contribution in [0.5, 0.6) is 0 Å². The van der Waals surface area contributed by atoms with E-state index in [4.69, 9.17) is 5.11 Å². The van der Waals surface area contributed by atoms with Crippen LogP contribution in [0.4, 0.5) is 8.78 Å². The first-order chi connectivity index (χ1) is 9.97. The predicted molar refractivity (Wildman–Crippen MR) is 70.6 cm³/mol. The van der Waals surface area contributed by atoms with Gasteiger partial charge in [-0.15, -0.1) is 0 Å². The summed E-state index contributed by atoms with van der Waals surface area (Å²) in [5.74, 6) is -3.96. The van der Waals surface area contributed by atoms with Crippen LogP contribution in [0, 0.1) is 11.6 Å². The van der Waals surface area contributed by atoms with E-state index in [0.717, 1.165) is 12.1 Å². The molecule has 1 amide bonds. The van der Waals surface area contributed by atoms with Gasteiger partial charge in [-0.2, -0.15) is 0 Å². The summed E-state index contributed by atoms with van der Waals surface area (Å²) in [5.41, 5.74) is 0.0740. The molecule has 2 N–H and O–H groups in total. The van der Waals surface area contributed by atoms with Crippen LogP contribution in [-0.2, 0) is 4.79 Å². The first-order valence-corrected chi connectivity index (χ1v) is 6.02. The van der Waals surface area contributed by atoms with Crippen LogP contribution in [-0.4, -0.2) is 17.0 Å². The van der Waals surface area contributed by atoms with Crippen molar-refractivity contribution in [2.45, 2.75) is 6.04 Å². The largest absolute Gasteiger partial charge is 0.479 e. The Morgan fingerprint density at radius 3 is 2.10 bits per heavy atom. The van der Waals surface area contributed by atoms with E-state index >= 15 is 0 Å². The number of carboxylic acid groups (broad SMARTS) is 1. The number of aliphatic carboxylic acids is 1. The molecule has 0 aliphatic carbocycles. The molecular weight excluding hydrogens is 280 g/mol. The molecule has 0 radical (unpaired) electrons. The highest BCUT2D eigenvalue weighted by Crippen LogP contribution is 2.15. The van der Waals surface area contributed by atoms with Gasteiger partial charge < -0.3 is 10.4 Å². The Kier molecular flexibility index (Phi) is 4.27. The highest BCUT2D eigenvalue weighted by atomic mass is 19.1. The van der Waals surface area contributed by atoms with Crippen LogP contribution < -0.4 is 5.32 Å². The smallest absolute Gasteiger partial charge is 0.330 e. The molecule has 2 aromatic rings. The van der Waals surface area contributed by atoms with Crippen LogP contribution in [0.3, 0.4) is 0 Å². The standard InChI is InChI=1S/C15H11F2NO3/c16-11-6-10(7-12(17)8-11)14(19)18-13(15(20)21)9-4-2-1-3-5-9/h1-8,13H,(H,18,19)(H,20,21). The molecule has 1 atom stereocenters. The van der Waals surface area contributed by atoms with Gasteiger partial charge in [0.05, 0.1) is 0 Å². The van der Waals surface area contributed by atoms with Crippen LogP contribution in [0.15, 0.2) is 48.5 Å². The van der Waals surface area contributed by atoms with Crippen LogP contribution in [0.1, 0.15) is 22.0 Å². The third kappa shape index (κ3) is 3.62. The summed E-state index contributed by atoms with van der Waals surface area (Å²) in [6, 6.07) is 9.01. The second-order valence-electron chi connectivity index (χ2n) is 4.31. The maximum absolute atomic E-state index is 13.1. The zero-order valence-electron chi connectivity index (χ0n) is 10.7. The van der Waals surface area contributed by atoms with Gasteiger partial charge in [-0.25, -0.2) is 13.6 Å². The van der Waals surface area contributed by atoms with Crippen molar-refractivity contribution in [2.24, 2.45) is 0 Å². The number of amides is 1. The number of benzene rings is 2. The van der Waals surface area contributed by atoms with Crippen molar-refractivity contribution < 1.29 is 23.5 Å². The summed E-state index contributed by atoms with van der Waals surface area (Å²) in [7, 11) is 0. The molecule has 1 unspecified atom stereocenters. The SMILES string of the molecule is O=C(NC(C(=O)O)c1ccccc1)c1cc(F)cc(F)c1. The highest BCUT2D eigenvalue weighted by molar-refractivity contribution is 5.96. The average molecular weight is 291 g/mol. The molecule has 2 rings (SSSR count). The fourth-order valence-electron chi connectivity index (χ4n) is 1.83. The number of hydrogen-bond acceptors (Lipinski definition) is 2. The Hall–Kier alpha value is -2.76. The molecule has 0 aliphatic heterocycles. The van der Waals surface area contributed by atoms with Gasteiger partial charge in [-0.3, -0.25) is 4.79 Å². The molecule has 0 aliphatic rings. The minimum atomic E-state index is -1.30. The molecule has 0 saturated heterocycles. The Morgan fingerprint density at radius 2 is 1.57 bits per heavy atom. The molecule has 0 aromatic heterocycles. The fraction of sp³-hybridized carbons (Fsp3) is 0.0667. The Bertz CT molecular complexity index is 654. The van der Waals surface area contributed by atoms with E-state index in [1.54, 1.807) is 18.2 Å². The molecule has 0 fully saturated rings. The van der Waals surface area contributed by atoms with Crippen molar-refractivity contribution in [3.8, 4) is 0 Å². The quantitative estimate of drug-likeness (QED) is 0.909. The number of nitrogens with one attached hydrogen (secondary N) is 1. The Labute approximate surface area is 119 Å². The van der Waals surface area contributed by atoms with Crippen LogP contribution in [0.25, 0.3) is 0 Å². The van der Waals surface area contributed by atoms with Crippen LogP contribution >= 0.6 is 0 Å². The molecular formula is C15H11F2NO3. The second-order valence-corrected chi connectivity index (χ2v) is 4.31. The minimum Gasteiger partial charge on any atom is -0.479 e. The fourth-order valence-corrected chi connectivity index (χ4v) is 1.83. The van der Waals surface area contributed by atoms with E-state index in [2.05, 4.69) is 5.32 Å². The van der Waals surface area contributed by atoms with Crippen molar-refractivity contribution >= 4 is 11.9 Å². The van der Waals surface area contributed by atoms with Gasteiger partial charge in [0.25, 0.3) is 5.91 Å². The lowest BCUT2D eigenvalue weighted by molar-refractivity contribution is -0.139. The first kappa shape index (κ1) is 14.6. The lowest BCUT2D eigenvalue weighted by Crippen LogP contribution is -2.33. The molecule has 0 spiro atoms. The molecule has 21 heavy (non-hydrogen) atoms. The molecule has 4 nitrogen and oxygen atoms in total. The maximum Gasteiger partial charge on any atom is 0.330 e. The summed E-state index contributed by atoms with van der Waals surface area (Å²) in [5, 5.41) is 11.4. The van der Waals surface area contributed by atoms with E-state index in [9.17, 15) is 18.4 Å². The van der Waals surface area contributed by atoms with Gasteiger partial charge in [-0.05, 0) is 17.7 Å². The highest BCUT2D eigenvalue weighted by Gasteiger charge is 2.22. The molecule has 0 bridgehead atoms. The third-order valence-electron chi connectivity index (χ3n) is 2.78. The summed E-state index contributed by atoms with van der Waals surface area (Å²) < 4.78 is 26.1. The van der Waals surface area contributed by atoms with E-state index < -0.39 is 29.6 Å². The zero-order chi connectivity index (χ0) is 15.4. The van der Waals surface area contributed by atoms with Crippen LogP contribution in [0.2, 0.25) is 0 Å². The maximum atomic E-state index is 13.1. The third-order valence-corrected chi connectivity index (χ3v) is 2.78. The van der Waals surface area contributed by atoms with Gasteiger partial charge in [0.1, 0.15) is 11.6 Å². The summed E-state index contributed by atoms with van der Waals surface area (Å²) >= 11 is 0. The second kappa shape index (κ2) is 6.13. The number of carbonyl (C=O) groups excluding carboxylic acids is 1. The molecule has 0 saturated carbocycles. The Morgan fingerprint density at radius 1 is 1.00 bits per heavy atom. The van der Waals surface area contributed by atoms with Crippen molar-refractivity contribution in [3.63, 3.8) is 0 Å². The van der Waals surface area contributed by atoms with E-state index in [0.29, 0.717) is 11.6 Å². The summed E-state index contributed by atoms with van der Waals surface area (Å²) in [6.45, 7) is 0. The molecule has 6 heteroatoms. The number of carbonyl (C=O) groups is 2. The first-order valence-electron chi connectivity index (χ1n) is 6.02. The topological polar surface area (TPSA) is 66.4 Å². The minimum absolute atomic E-state index is 0.283. The predicted octanol–water partition coefficient (Wildman–Crippen LogP) is 2.52. The normalized spacial score (nSPS) is 11.7. The van der Waals surface area contributed by atoms with Crippen molar-refractivity contribution in [1.29, 1.82) is 0 Å². The lowest BCUT2D eigenvalue weighted by Gasteiger charge is -2.15. The zero-order valence-corrected chi connectivity index (χ0v) is 10.7. The number of hydrogen-bond donors (Lipinski definition) is 2. The van der Waals surface area contributed by atoms with Gasteiger partial charge in [0, 0.05) is 11.6 Å². The van der Waals surface area contributed by atoms with Crippen molar-refractivity contribution in [3.05, 3.63) is 71.3 Å². The van der Waals surface area contributed by atoms with E-state index in [-0.39, 0.29) is 5.56 Å². The number of rotatable bonds is 4. The summed E-state index contributed by atoms with van der Waals surface area (Å²) in [6.07, 6.45) is 0. The van der Waals surface area contributed by atoms with Crippen molar-refractivity contribution in [1.82, 2.24) is 5.32 Å². The summed E-state index contributed by atoms with van der Waals surface area (Å²) in [4.78, 5) is 23.2. The van der Waals surface area contributed by atoms with E-state index in [1.807, 2.05) is 0 Å². The van der Waals surface area contributed by atoms with E-state index in [1.165, 1.54) is 12.1 Å². The molecule has 2 aromatic carbocycles. The average Bonchev–Trinajstić information content (AvgIpc) is 2.44. The molecule has 0 heterocycles.